The molecule has 0 spiro atoms. The van der Waals surface area contributed by atoms with E-state index in [1.807, 2.05) is 19.6 Å². The van der Waals surface area contributed by atoms with E-state index in [-0.39, 0.29) is 0 Å². The number of nitriles is 1. The Labute approximate surface area is 121 Å². The van der Waals surface area contributed by atoms with Gasteiger partial charge in [-0.25, -0.2) is 0 Å². The van der Waals surface area contributed by atoms with Crippen LogP contribution in [-0.4, -0.2) is 29.6 Å². The highest BCUT2D eigenvalue weighted by atomic mass is 28.4. The van der Waals surface area contributed by atoms with E-state index in [9.17, 15) is 5.26 Å². The molecule has 0 aliphatic carbocycles. The molecule has 1 atom stereocenters. The molecule has 0 fully saturated rings. The third kappa shape index (κ3) is 3.89. The van der Waals surface area contributed by atoms with Gasteiger partial charge in [0.2, 0.25) is 0 Å². The second-order valence-electron chi connectivity index (χ2n) is 5.18. The molecule has 1 rings (SSSR count). The third-order valence-electron chi connectivity index (χ3n) is 2.60. The monoisotopic (exact) mass is 295 g/mol. The Bertz CT molecular complexity index is 480. The van der Waals surface area contributed by atoms with Gasteiger partial charge in [0.15, 0.2) is 14.4 Å². The number of hydrogen-bond acceptors (Lipinski definition) is 5. The molecule has 0 heterocycles. The minimum absolute atomic E-state index is 0.519. The van der Waals surface area contributed by atoms with E-state index >= 15 is 0 Å². The summed E-state index contributed by atoms with van der Waals surface area (Å²) in [5.74, 6) is 1.64. The highest BCUT2D eigenvalue weighted by Gasteiger charge is 2.28. The van der Waals surface area contributed by atoms with Crippen molar-refractivity contribution in [1.29, 1.82) is 5.26 Å². The Hall–Kier alpha value is -1.71. The fraction of sp³-hybridized carbons (Fsp3) is 0.500. The number of nitrogens with zero attached hydrogens (tertiary/aromatic N) is 1. The van der Waals surface area contributed by atoms with Crippen molar-refractivity contribution in [2.45, 2.75) is 25.7 Å². The van der Waals surface area contributed by atoms with Crippen molar-refractivity contribution in [2.24, 2.45) is 0 Å². The van der Waals surface area contributed by atoms with Crippen molar-refractivity contribution in [1.82, 2.24) is 0 Å². The molecule has 1 aromatic rings. The van der Waals surface area contributed by atoms with Crippen LogP contribution in [0.15, 0.2) is 12.1 Å². The molecule has 0 aliphatic rings. The lowest BCUT2D eigenvalue weighted by Crippen LogP contribution is -2.27. The number of ether oxygens (including phenoxy) is 3. The number of methoxy groups -OCH3 is 3. The van der Waals surface area contributed by atoms with Crippen LogP contribution in [0.2, 0.25) is 19.6 Å². The molecule has 20 heavy (non-hydrogen) atoms. The van der Waals surface area contributed by atoms with Crippen LogP contribution < -0.4 is 14.2 Å². The molecule has 6 heteroatoms. The van der Waals surface area contributed by atoms with Crippen LogP contribution in [0.3, 0.4) is 0 Å². The predicted molar refractivity (Wildman–Crippen MR) is 78.9 cm³/mol. The van der Waals surface area contributed by atoms with Crippen LogP contribution in [0, 0.1) is 11.3 Å². The SMILES string of the molecule is COc1cc(OC)c(C(C#N)O[Si](C)(C)C)c(OC)c1. The van der Waals surface area contributed by atoms with Crippen LogP contribution in [0.5, 0.6) is 17.2 Å². The molecule has 1 unspecified atom stereocenters. The number of benzene rings is 1. The first-order valence-corrected chi connectivity index (χ1v) is 9.64. The minimum Gasteiger partial charge on any atom is -0.496 e. The summed E-state index contributed by atoms with van der Waals surface area (Å²) in [6.07, 6.45) is -0.725. The first-order chi connectivity index (χ1) is 9.36. The van der Waals surface area contributed by atoms with Crippen LogP contribution in [0.25, 0.3) is 0 Å². The summed E-state index contributed by atoms with van der Waals surface area (Å²) >= 11 is 0. The first kappa shape index (κ1) is 16.3. The molecule has 0 saturated heterocycles. The molecule has 0 saturated carbocycles. The number of rotatable bonds is 6. The van der Waals surface area contributed by atoms with E-state index < -0.39 is 14.4 Å². The quantitative estimate of drug-likeness (QED) is 0.755. The van der Waals surface area contributed by atoms with Crippen LogP contribution in [-0.2, 0) is 4.43 Å². The van der Waals surface area contributed by atoms with Crippen LogP contribution in [0.4, 0.5) is 0 Å². The summed E-state index contributed by atoms with van der Waals surface area (Å²) in [7, 11) is 2.77. The summed E-state index contributed by atoms with van der Waals surface area (Å²) in [6.45, 7) is 6.08. The number of hydrogen-bond donors (Lipinski definition) is 0. The maximum atomic E-state index is 9.41. The van der Waals surface area contributed by atoms with E-state index in [1.54, 1.807) is 33.5 Å². The summed E-state index contributed by atoms with van der Waals surface area (Å²) < 4.78 is 21.8. The topological polar surface area (TPSA) is 60.7 Å². The van der Waals surface area contributed by atoms with Gasteiger partial charge < -0.3 is 18.6 Å². The van der Waals surface area contributed by atoms with Crippen molar-refractivity contribution in [3.63, 3.8) is 0 Å². The average Bonchev–Trinajstić information content (AvgIpc) is 2.42. The average molecular weight is 295 g/mol. The summed E-state index contributed by atoms with van der Waals surface area (Å²) in [6, 6.07) is 5.61. The smallest absolute Gasteiger partial charge is 0.186 e. The molecule has 0 amide bonds. The van der Waals surface area contributed by atoms with Gasteiger partial charge in [-0.15, -0.1) is 0 Å². The van der Waals surface area contributed by atoms with Crippen molar-refractivity contribution in [3.8, 4) is 23.3 Å². The third-order valence-corrected chi connectivity index (χ3v) is 3.55. The van der Waals surface area contributed by atoms with Crippen molar-refractivity contribution >= 4 is 8.32 Å². The van der Waals surface area contributed by atoms with Crippen molar-refractivity contribution < 1.29 is 18.6 Å². The van der Waals surface area contributed by atoms with Crippen LogP contribution >= 0.6 is 0 Å². The lowest BCUT2D eigenvalue weighted by molar-refractivity contribution is 0.240. The van der Waals surface area contributed by atoms with E-state index in [0.29, 0.717) is 22.8 Å². The normalized spacial score (nSPS) is 12.4. The van der Waals surface area contributed by atoms with Gasteiger partial charge in [0.05, 0.1) is 33.0 Å². The van der Waals surface area contributed by atoms with Gasteiger partial charge in [-0.05, 0) is 19.6 Å². The second kappa shape index (κ2) is 6.64. The zero-order chi connectivity index (χ0) is 15.3. The van der Waals surface area contributed by atoms with Gasteiger partial charge in [-0.1, -0.05) is 0 Å². The molecule has 0 N–H and O–H groups in total. The Balaban J connectivity index is 3.36. The predicted octanol–water partition coefficient (Wildman–Crippen LogP) is 3.13. The highest BCUT2D eigenvalue weighted by Crippen LogP contribution is 2.40. The standard InChI is InChI=1S/C14H21NO4Si/c1-16-10-7-11(17-2)14(12(8-10)18-3)13(9-15)19-20(4,5)6/h7-8,13H,1-6H3. The zero-order valence-electron chi connectivity index (χ0n) is 12.8. The fourth-order valence-electron chi connectivity index (χ4n) is 1.79. The van der Waals surface area contributed by atoms with Crippen molar-refractivity contribution in [2.75, 3.05) is 21.3 Å². The van der Waals surface area contributed by atoms with Gasteiger partial charge >= 0.3 is 0 Å². The first-order valence-electron chi connectivity index (χ1n) is 6.23. The summed E-state index contributed by atoms with van der Waals surface area (Å²) in [4.78, 5) is 0. The lowest BCUT2D eigenvalue weighted by Gasteiger charge is -2.24. The molecule has 0 aromatic heterocycles. The van der Waals surface area contributed by atoms with Gasteiger partial charge in [0.25, 0.3) is 0 Å². The zero-order valence-corrected chi connectivity index (χ0v) is 13.8. The fourth-order valence-corrected chi connectivity index (χ4v) is 2.67. The van der Waals surface area contributed by atoms with E-state index in [2.05, 4.69) is 6.07 Å². The Kier molecular flexibility index (Phi) is 5.42. The van der Waals surface area contributed by atoms with Gasteiger partial charge in [-0.3, -0.25) is 0 Å². The molecule has 0 bridgehead atoms. The summed E-state index contributed by atoms with van der Waals surface area (Å²) in [5, 5.41) is 9.41. The van der Waals surface area contributed by atoms with E-state index in [4.69, 9.17) is 18.6 Å². The molecular formula is C14H21NO4Si. The second-order valence-corrected chi connectivity index (χ2v) is 9.65. The molecule has 0 aliphatic heterocycles. The molecule has 1 aromatic carbocycles. The van der Waals surface area contributed by atoms with Gasteiger partial charge in [-0.2, -0.15) is 5.26 Å². The van der Waals surface area contributed by atoms with E-state index in [0.717, 1.165) is 0 Å². The molecule has 0 radical (unpaired) electrons. The molecular weight excluding hydrogens is 274 g/mol. The van der Waals surface area contributed by atoms with Gasteiger partial charge in [0.1, 0.15) is 17.2 Å². The minimum atomic E-state index is -1.88. The lowest BCUT2D eigenvalue weighted by atomic mass is 10.1. The maximum absolute atomic E-state index is 9.41. The largest absolute Gasteiger partial charge is 0.496 e. The maximum Gasteiger partial charge on any atom is 0.186 e. The Morgan fingerprint density at radius 1 is 1.00 bits per heavy atom. The molecule has 110 valence electrons. The Morgan fingerprint density at radius 3 is 1.80 bits per heavy atom. The van der Waals surface area contributed by atoms with Crippen molar-refractivity contribution in [3.05, 3.63) is 17.7 Å². The summed E-state index contributed by atoms with van der Waals surface area (Å²) in [5.41, 5.74) is 0.598. The van der Waals surface area contributed by atoms with E-state index in [1.165, 1.54) is 0 Å². The molecule has 5 nitrogen and oxygen atoms in total. The van der Waals surface area contributed by atoms with Gasteiger partial charge in [0, 0.05) is 12.1 Å². The highest BCUT2D eigenvalue weighted by molar-refractivity contribution is 6.69. The Morgan fingerprint density at radius 2 is 1.50 bits per heavy atom. The van der Waals surface area contributed by atoms with Crippen LogP contribution in [0.1, 0.15) is 11.7 Å².